The predicted octanol–water partition coefficient (Wildman–Crippen LogP) is 7.27. The Morgan fingerprint density at radius 1 is 0.667 bits per heavy atom. The molecule has 0 aliphatic carbocycles. The van der Waals surface area contributed by atoms with E-state index < -0.39 is 0 Å². The topological polar surface area (TPSA) is 47.7 Å². The molecular weight excluding hydrogens is 503 g/mol. The smallest absolute Gasteiger partial charge is 0.698 e. The molecule has 6 aromatic carbocycles. The van der Waals surface area contributed by atoms with E-state index in [1.54, 1.807) is 12.1 Å². The fraction of sp³-hybridized carbons (Fsp3) is 0. The van der Waals surface area contributed by atoms with E-state index in [2.05, 4.69) is 72.8 Å². The summed E-state index contributed by atoms with van der Waals surface area (Å²) in [6.07, 6.45) is 0. The molecule has 0 atom stereocenters. The number of thiophene rings is 1. The van der Waals surface area contributed by atoms with E-state index in [1.807, 2.05) is 65.9 Å². The fourth-order valence-electron chi connectivity index (χ4n) is 4.72. The molecule has 2 nitrogen and oxygen atoms in total. The van der Waals surface area contributed by atoms with Crippen molar-refractivity contribution in [1.29, 1.82) is 5.41 Å². The van der Waals surface area contributed by atoms with Crippen LogP contribution in [0.25, 0.3) is 47.8 Å². The largest absolute Gasteiger partial charge is 1.00 e. The minimum absolute atomic E-state index is 0. The van der Waals surface area contributed by atoms with Crippen LogP contribution >= 0.6 is 11.3 Å². The van der Waals surface area contributed by atoms with Crippen LogP contribution < -0.4 is 29.6 Å². The molecule has 0 saturated heterocycles. The van der Waals surface area contributed by atoms with Crippen molar-refractivity contribution in [3.05, 3.63) is 156 Å². The van der Waals surface area contributed by atoms with Gasteiger partial charge in [-0.05, 0) is 22.6 Å². The monoisotopic (exact) mass is 526 g/mol. The molecule has 1 heterocycles. The fourth-order valence-corrected chi connectivity index (χ4v) is 5.85. The number of hydrogen-bond acceptors (Lipinski definition) is 2. The first-order chi connectivity index (χ1) is 18.7. The minimum Gasteiger partial charge on any atom is -0.698 e. The quantitative estimate of drug-likeness (QED) is 0.143. The van der Waals surface area contributed by atoms with Crippen molar-refractivity contribution in [2.45, 2.75) is 0 Å². The Labute approximate surface area is 254 Å². The van der Waals surface area contributed by atoms with Gasteiger partial charge in [0, 0.05) is 4.70 Å². The molecule has 0 fully saturated rings. The number of rotatable bonds is 3. The van der Waals surface area contributed by atoms with Gasteiger partial charge >= 0.3 is 29.6 Å². The summed E-state index contributed by atoms with van der Waals surface area (Å²) in [6, 6.07) is 49.0. The van der Waals surface area contributed by atoms with Gasteiger partial charge < -0.3 is 5.73 Å². The molecule has 4 heteroatoms. The summed E-state index contributed by atoms with van der Waals surface area (Å²) in [5, 5.41) is 13.2. The number of hydrogen-bond donors (Lipinski definition) is 1. The average molecular weight is 527 g/mol. The first-order valence-corrected chi connectivity index (χ1v) is 13.2. The number of benzene rings is 6. The Morgan fingerprint density at radius 3 is 2.05 bits per heavy atom. The molecule has 7 aromatic rings. The van der Waals surface area contributed by atoms with Crippen LogP contribution in [0.4, 0.5) is 5.69 Å². The van der Waals surface area contributed by atoms with E-state index in [0.717, 1.165) is 16.7 Å². The van der Waals surface area contributed by atoms with Crippen molar-refractivity contribution in [2.24, 2.45) is 0 Å². The van der Waals surface area contributed by atoms with E-state index >= 15 is 0 Å². The molecule has 182 valence electrons. The van der Waals surface area contributed by atoms with Crippen LogP contribution in [0.5, 0.6) is 0 Å². The molecule has 0 radical (unpaired) electrons. The molecule has 0 amide bonds. The molecule has 39 heavy (non-hydrogen) atoms. The van der Waals surface area contributed by atoms with Crippen molar-refractivity contribution < 1.29 is 29.6 Å². The van der Waals surface area contributed by atoms with Crippen LogP contribution in [0, 0.1) is 17.5 Å². The Kier molecular flexibility index (Phi) is 8.25. The third-order valence-corrected chi connectivity index (χ3v) is 7.62. The van der Waals surface area contributed by atoms with Crippen molar-refractivity contribution in [3.63, 3.8) is 0 Å². The summed E-state index contributed by atoms with van der Waals surface area (Å²) in [5.74, 6) is 0. The molecular formula is C35H23N2NaS-2. The Bertz CT molecular complexity index is 1890. The molecule has 1 aromatic heterocycles. The average Bonchev–Trinajstić information content (AvgIpc) is 3.37. The van der Waals surface area contributed by atoms with Gasteiger partial charge in [-0.15, -0.1) is 28.6 Å². The maximum Gasteiger partial charge on any atom is 1.00 e. The van der Waals surface area contributed by atoms with E-state index in [9.17, 15) is 0 Å². The summed E-state index contributed by atoms with van der Waals surface area (Å²) >= 11 is 1.82. The first-order valence-electron chi connectivity index (χ1n) is 12.4. The Morgan fingerprint density at radius 2 is 1.31 bits per heavy atom. The zero-order valence-corrected chi connectivity index (χ0v) is 24.3. The van der Waals surface area contributed by atoms with Gasteiger partial charge in [-0.3, -0.25) is 5.41 Å². The van der Waals surface area contributed by atoms with Crippen molar-refractivity contribution in [1.82, 2.24) is 0 Å². The molecule has 7 rings (SSSR count). The second kappa shape index (κ2) is 12.0. The van der Waals surface area contributed by atoms with Gasteiger partial charge in [-0.2, -0.15) is 41.7 Å². The number of nitrogens with one attached hydrogen (secondary N) is 2. The SMILES string of the molecule is N=C(c1ccccc1)c1ccccc1[NH-].[Na+].[c-]1ccccc1-c1[c-]c2sc3ccccc3c2c2ccccc12. The first kappa shape index (κ1) is 26.9. The molecule has 2 N–H and O–H groups in total. The van der Waals surface area contributed by atoms with Gasteiger partial charge in [0.05, 0.1) is 5.71 Å². The standard InChI is InChI=1S/C22H12S.C13H11N2.Na/c1-2-8-15(9-3-1)19-14-21-22(17-11-5-4-10-16(17)19)18-12-6-7-13-20(18)23-21;14-12-9-5-4-8-11(12)13(15)10-6-2-1-3-7-10;/h1-8,10-13H;1-9,14-15H;/q-2;-1;+1. The second-order valence-electron chi connectivity index (χ2n) is 8.91. The predicted molar refractivity (Wildman–Crippen MR) is 163 cm³/mol. The van der Waals surface area contributed by atoms with Gasteiger partial charge in [0.2, 0.25) is 0 Å². The van der Waals surface area contributed by atoms with Crippen LogP contribution in [-0.2, 0) is 0 Å². The van der Waals surface area contributed by atoms with E-state index in [-0.39, 0.29) is 29.6 Å². The second-order valence-corrected chi connectivity index (χ2v) is 9.96. The van der Waals surface area contributed by atoms with Gasteiger partial charge in [0.25, 0.3) is 0 Å². The summed E-state index contributed by atoms with van der Waals surface area (Å²) in [5.41, 5.74) is 12.3. The minimum atomic E-state index is 0. The van der Waals surface area contributed by atoms with E-state index in [1.165, 1.54) is 30.9 Å². The van der Waals surface area contributed by atoms with Crippen molar-refractivity contribution in [2.75, 3.05) is 0 Å². The van der Waals surface area contributed by atoms with Crippen LogP contribution in [0.1, 0.15) is 11.1 Å². The van der Waals surface area contributed by atoms with Gasteiger partial charge in [0.15, 0.2) is 0 Å². The molecule has 0 aliphatic heterocycles. The normalized spacial score (nSPS) is 10.6. The molecule has 0 spiro atoms. The van der Waals surface area contributed by atoms with Crippen molar-refractivity contribution in [3.8, 4) is 11.1 Å². The Hall–Kier alpha value is -3.73. The van der Waals surface area contributed by atoms with Crippen LogP contribution in [0.2, 0.25) is 0 Å². The zero-order valence-electron chi connectivity index (χ0n) is 21.5. The van der Waals surface area contributed by atoms with Crippen LogP contribution in [0.15, 0.2) is 127 Å². The molecule has 0 bridgehead atoms. The van der Waals surface area contributed by atoms with Crippen LogP contribution in [0.3, 0.4) is 0 Å². The van der Waals surface area contributed by atoms with E-state index in [0.29, 0.717) is 17.0 Å². The molecule has 0 unspecified atom stereocenters. The summed E-state index contributed by atoms with van der Waals surface area (Å²) in [6.45, 7) is 0. The third kappa shape index (κ3) is 5.40. The Balaban J connectivity index is 0.000000169. The maximum absolute atomic E-state index is 7.99. The van der Waals surface area contributed by atoms with Gasteiger partial charge in [-0.25, -0.2) is 11.1 Å². The summed E-state index contributed by atoms with van der Waals surface area (Å²) in [4.78, 5) is 0. The zero-order chi connectivity index (χ0) is 25.9. The maximum atomic E-state index is 7.99. The summed E-state index contributed by atoms with van der Waals surface area (Å²) in [7, 11) is 0. The van der Waals surface area contributed by atoms with Crippen molar-refractivity contribution >= 4 is 53.7 Å². The van der Waals surface area contributed by atoms with Crippen LogP contribution in [-0.4, -0.2) is 5.71 Å². The third-order valence-electron chi connectivity index (χ3n) is 6.54. The van der Waals surface area contributed by atoms with Gasteiger partial charge in [0.1, 0.15) is 0 Å². The number of fused-ring (bicyclic) bond motifs is 5. The van der Waals surface area contributed by atoms with E-state index in [4.69, 9.17) is 11.1 Å². The molecule has 0 saturated carbocycles. The summed E-state index contributed by atoms with van der Waals surface area (Å²) < 4.78 is 2.54. The van der Waals surface area contributed by atoms with Gasteiger partial charge in [-0.1, -0.05) is 101 Å². The molecule has 0 aliphatic rings.